The molecule has 0 spiro atoms. The van der Waals surface area contributed by atoms with Crippen molar-refractivity contribution < 1.29 is 32.6 Å². The minimum Gasteiger partial charge on any atom is -0.485 e. The van der Waals surface area contributed by atoms with Crippen molar-refractivity contribution in [2.24, 2.45) is 0 Å². The lowest BCUT2D eigenvalue weighted by atomic mass is 10.0. The van der Waals surface area contributed by atoms with E-state index in [0.29, 0.717) is 33.6 Å². The van der Waals surface area contributed by atoms with Crippen molar-refractivity contribution in [3.05, 3.63) is 62.9 Å². The van der Waals surface area contributed by atoms with Gasteiger partial charge < -0.3 is 23.0 Å². The van der Waals surface area contributed by atoms with Crippen LogP contribution in [0.2, 0.25) is 0 Å². The topological polar surface area (TPSA) is 105 Å². The number of fused-ring (bicyclic) bond motifs is 1. The lowest BCUT2D eigenvalue weighted by molar-refractivity contribution is -0.139. The molecule has 0 N–H and O–H groups in total. The molecular formula is C21H20O8. The quantitative estimate of drug-likeness (QED) is 0.459. The minimum atomic E-state index is -0.589. The first kappa shape index (κ1) is 20.2. The van der Waals surface area contributed by atoms with Gasteiger partial charge in [0.15, 0.2) is 0 Å². The molecule has 0 saturated carbocycles. The normalized spacial score (nSPS) is 10.8. The largest absolute Gasteiger partial charge is 0.485 e. The first-order valence-corrected chi connectivity index (χ1v) is 8.78. The Kier molecular flexibility index (Phi) is 5.72. The van der Waals surface area contributed by atoms with Gasteiger partial charge in [-0.1, -0.05) is 0 Å². The molecule has 0 fully saturated rings. The number of aryl methyl sites for hydroxylation is 2. The van der Waals surface area contributed by atoms with Gasteiger partial charge in [-0.15, -0.1) is 0 Å². The van der Waals surface area contributed by atoms with E-state index in [-0.39, 0.29) is 24.4 Å². The van der Waals surface area contributed by atoms with Crippen LogP contribution in [0.3, 0.4) is 0 Å². The van der Waals surface area contributed by atoms with E-state index in [1.165, 1.54) is 20.3 Å². The summed E-state index contributed by atoms with van der Waals surface area (Å²) < 4.78 is 25.8. The van der Waals surface area contributed by atoms with Crippen molar-refractivity contribution in [2.45, 2.75) is 26.9 Å². The third-order valence-electron chi connectivity index (χ3n) is 4.62. The Morgan fingerprint density at radius 3 is 2.41 bits per heavy atom. The second-order valence-corrected chi connectivity index (χ2v) is 6.36. The van der Waals surface area contributed by atoms with E-state index in [0.717, 1.165) is 0 Å². The summed E-state index contributed by atoms with van der Waals surface area (Å²) in [5.41, 5.74) is 1.35. The van der Waals surface area contributed by atoms with Crippen LogP contribution in [0, 0.1) is 13.8 Å². The molecule has 1 aromatic carbocycles. The van der Waals surface area contributed by atoms with Crippen molar-refractivity contribution in [1.82, 2.24) is 0 Å². The maximum absolute atomic E-state index is 12.4. The van der Waals surface area contributed by atoms with Gasteiger partial charge in [-0.05, 0) is 43.7 Å². The van der Waals surface area contributed by atoms with Gasteiger partial charge in [0.2, 0.25) is 5.76 Å². The third-order valence-corrected chi connectivity index (χ3v) is 4.62. The van der Waals surface area contributed by atoms with Gasteiger partial charge in [-0.2, -0.15) is 0 Å². The van der Waals surface area contributed by atoms with Crippen molar-refractivity contribution in [1.29, 1.82) is 0 Å². The van der Waals surface area contributed by atoms with E-state index in [1.54, 1.807) is 32.0 Å². The number of furan rings is 1. The molecule has 0 aliphatic rings. The van der Waals surface area contributed by atoms with E-state index in [2.05, 4.69) is 9.47 Å². The number of ether oxygens (including phenoxy) is 3. The van der Waals surface area contributed by atoms with Gasteiger partial charge in [-0.25, -0.2) is 9.59 Å². The molecular weight excluding hydrogens is 380 g/mol. The van der Waals surface area contributed by atoms with E-state index in [9.17, 15) is 14.4 Å². The summed E-state index contributed by atoms with van der Waals surface area (Å²) in [6.07, 6.45) is -0.154. The number of carbonyl (C=O) groups is 2. The molecule has 0 aliphatic heterocycles. The molecule has 2 heterocycles. The fourth-order valence-electron chi connectivity index (χ4n) is 2.96. The van der Waals surface area contributed by atoms with Crippen LogP contribution in [-0.2, 0) is 27.3 Å². The van der Waals surface area contributed by atoms with E-state index < -0.39 is 17.6 Å². The Morgan fingerprint density at radius 1 is 0.966 bits per heavy atom. The molecule has 0 amide bonds. The Morgan fingerprint density at radius 2 is 1.72 bits per heavy atom. The van der Waals surface area contributed by atoms with Gasteiger partial charge in [-0.3, -0.25) is 4.79 Å². The van der Waals surface area contributed by atoms with Crippen molar-refractivity contribution in [3.8, 4) is 5.75 Å². The molecule has 3 aromatic rings. The average molecular weight is 400 g/mol. The second kappa shape index (κ2) is 8.22. The first-order chi connectivity index (χ1) is 13.8. The van der Waals surface area contributed by atoms with Crippen molar-refractivity contribution >= 4 is 22.9 Å². The lowest BCUT2D eigenvalue weighted by Crippen LogP contribution is -2.16. The van der Waals surface area contributed by atoms with Crippen LogP contribution in [0.5, 0.6) is 5.75 Å². The Bertz CT molecular complexity index is 1140. The summed E-state index contributed by atoms with van der Waals surface area (Å²) in [5.74, 6) is -0.0619. The summed E-state index contributed by atoms with van der Waals surface area (Å²) >= 11 is 0. The number of rotatable bonds is 6. The number of carbonyl (C=O) groups excluding carboxylic acids is 2. The standard InChI is InChI=1S/C21H20O8/c1-11-14-6-8-16(27-10-13-5-7-17(28-13)21(24)26-4)12(2)19(14)29-20(23)15(11)9-18(22)25-3/h5-8H,9-10H2,1-4H3. The minimum absolute atomic E-state index is 0.0764. The predicted molar refractivity (Wildman–Crippen MR) is 102 cm³/mol. The monoisotopic (exact) mass is 400 g/mol. The van der Waals surface area contributed by atoms with Gasteiger partial charge in [0.1, 0.15) is 23.7 Å². The molecule has 0 saturated heterocycles. The molecule has 152 valence electrons. The van der Waals surface area contributed by atoms with Gasteiger partial charge in [0.25, 0.3) is 0 Å². The number of hydrogen-bond acceptors (Lipinski definition) is 8. The Hall–Kier alpha value is -3.55. The molecule has 0 radical (unpaired) electrons. The molecule has 8 heteroatoms. The summed E-state index contributed by atoms with van der Waals surface area (Å²) in [6, 6.07) is 6.63. The highest BCUT2D eigenvalue weighted by Gasteiger charge is 2.18. The SMILES string of the molecule is COC(=O)Cc1c(C)c2ccc(OCc3ccc(C(=O)OC)o3)c(C)c2oc1=O. The van der Waals surface area contributed by atoms with Crippen LogP contribution in [0.25, 0.3) is 11.0 Å². The van der Waals surface area contributed by atoms with Crippen molar-refractivity contribution in [3.63, 3.8) is 0 Å². The summed E-state index contributed by atoms with van der Waals surface area (Å²) in [4.78, 5) is 35.4. The maximum atomic E-state index is 12.4. The van der Waals surface area contributed by atoms with Crippen LogP contribution >= 0.6 is 0 Å². The highest BCUT2D eigenvalue weighted by Crippen LogP contribution is 2.30. The molecule has 8 nitrogen and oxygen atoms in total. The van der Waals surface area contributed by atoms with Crippen LogP contribution < -0.4 is 10.4 Å². The smallest absolute Gasteiger partial charge is 0.373 e. The van der Waals surface area contributed by atoms with Gasteiger partial charge in [0, 0.05) is 10.9 Å². The highest BCUT2D eigenvalue weighted by molar-refractivity contribution is 5.87. The summed E-state index contributed by atoms with van der Waals surface area (Å²) in [5, 5.41) is 0.708. The van der Waals surface area contributed by atoms with Gasteiger partial charge >= 0.3 is 17.6 Å². The molecule has 3 rings (SSSR count). The second-order valence-electron chi connectivity index (χ2n) is 6.36. The zero-order chi connectivity index (χ0) is 21.1. The molecule has 0 unspecified atom stereocenters. The average Bonchev–Trinajstić information content (AvgIpc) is 3.19. The molecule has 0 aliphatic carbocycles. The predicted octanol–water partition coefficient (Wildman–Crippen LogP) is 3.08. The number of benzene rings is 1. The summed E-state index contributed by atoms with van der Waals surface area (Å²) in [6.45, 7) is 3.60. The number of esters is 2. The van der Waals surface area contributed by atoms with E-state index in [4.69, 9.17) is 13.6 Å². The lowest BCUT2D eigenvalue weighted by Gasteiger charge is -2.12. The van der Waals surface area contributed by atoms with Crippen LogP contribution in [-0.4, -0.2) is 26.2 Å². The van der Waals surface area contributed by atoms with Crippen LogP contribution in [0.4, 0.5) is 0 Å². The maximum Gasteiger partial charge on any atom is 0.373 e. The zero-order valence-electron chi connectivity index (χ0n) is 16.5. The molecule has 2 aromatic heterocycles. The number of hydrogen-bond donors (Lipinski definition) is 0. The Labute approximate surface area is 166 Å². The highest BCUT2D eigenvalue weighted by atomic mass is 16.5. The number of methoxy groups -OCH3 is 2. The van der Waals surface area contributed by atoms with Gasteiger partial charge in [0.05, 0.1) is 26.2 Å². The van der Waals surface area contributed by atoms with Crippen LogP contribution in [0.1, 0.15) is 33.0 Å². The van der Waals surface area contributed by atoms with Crippen LogP contribution in [0.15, 0.2) is 37.9 Å². The summed E-state index contributed by atoms with van der Waals surface area (Å²) in [7, 11) is 2.53. The van der Waals surface area contributed by atoms with E-state index >= 15 is 0 Å². The fourth-order valence-corrected chi connectivity index (χ4v) is 2.96. The van der Waals surface area contributed by atoms with Crippen molar-refractivity contribution in [2.75, 3.05) is 14.2 Å². The Balaban J connectivity index is 1.89. The molecule has 0 atom stereocenters. The van der Waals surface area contributed by atoms with E-state index in [1.807, 2.05) is 0 Å². The third kappa shape index (κ3) is 4.01. The first-order valence-electron chi connectivity index (χ1n) is 8.78. The fraction of sp³-hybridized carbons (Fsp3) is 0.286. The molecule has 0 bridgehead atoms. The zero-order valence-corrected chi connectivity index (χ0v) is 16.5. The molecule has 29 heavy (non-hydrogen) atoms.